The van der Waals surface area contributed by atoms with Crippen LogP contribution >= 0.6 is 0 Å². The maximum Gasteiger partial charge on any atom is 0.186 e. The van der Waals surface area contributed by atoms with Crippen molar-refractivity contribution in [2.75, 3.05) is 6.61 Å². The highest BCUT2D eigenvalue weighted by Gasteiger charge is 2.59. The molecule has 0 unspecified atom stereocenters. The van der Waals surface area contributed by atoms with Crippen LogP contribution in [0.3, 0.4) is 0 Å². The Labute approximate surface area is 248 Å². The first kappa shape index (κ1) is 31.7. The van der Waals surface area contributed by atoms with Crippen LogP contribution in [0.5, 0.6) is 0 Å². The van der Waals surface area contributed by atoms with Crippen LogP contribution in [0.25, 0.3) is 0 Å². The smallest absolute Gasteiger partial charge is 0.186 e. The second-order valence-corrected chi connectivity index (χ2v) is 15.2. The second kappa shape index (κ2) is 12.3. The highest BCUT2D eigenvalue weighted by atomic mass is 16.7. The molecule has 1 heterocycles. The molecular formula is C35H58O6. The van der Waals surface area contributed by atoms with Crippen LogP contribution in [0.15, 0.2) is 23.8 Å². The number of aliphatic hydroxyl groups is 4. The van der Waals surface area contributed by atoms with Gasteiger partial charge in [0.05, 0.1) is 12.7 Å². The molecule has 3 saturated carbocycles. The van der Waals surface area contributed by atoms with Gasteiger partial charge in [-0.3, -0.25) is 0 Å². The number of allylic oxidation sites excluding steroid dienone is 2. The highest BCUT2D eigenvalue weighted by molar-refractivity contribution is 5.25. The molecule has 0 bridgehead atoms. The zero-order valence-electron chi connectivity index (χ0n) is 26.3. The van der Waals surface area contributed by atoms with Crippen molar-refractivity contribution < 1.29 is 29.9 Å². The van der Waals surface area contributed by atoms with Crippen molar-refractivity contribution in [1.29, 1.82) is 0 Å². The fourth-order valence-electron chi connectivity index (χ4n) is 10.6. The third-order valence-electron chi connectivity index (χ3n) is 13.2. The molecule has 0 amide bonds. The first-order valence-electron chi connectivity index (χ1n) is 16.7. The number of ether oxygens (including phenoxy) is 2. The Kier molecular flexibility index (Phi) is 9.51. The molecule has 0 aromatic heterocycles. The predicted octanol–water partition coefficient (Wildman–Crippen LogP) is 5.77. The van der Waals surface area contributed by atoms with Gasteiger partial charge < -0.3 is 29.9 Å². The number of aliphatic hydroxyl groups excluding tert-OH is 4. The van der Waals surface area contributed by atoms with Gasteiger partial charge in [-0.15, -0.1) is 0 Å². The van der Waals surface area contributed by atoms with Gasteiger partial charge in [0.25, 0.3) is 0 Å². The molecule has 41 heavy (non-hydrogen) atoms. The van der Waals surface area contributed by atoms with E-state index < -0.39 is 37.3 Å². The van der Waals surface area contributed by atoms with Crippen LogP contribution in [0.1, 0.15) is 105 Å². The van der Waals surface area contributed by atoms with E-state index >= 15 is 0 Å². The Morgan fingerprint density at radius 3 is 2.49 bits per heavy atom. The quantitative estimate of drug-likeness (QED) is 0.261. The van der Waals surface area contributed by atoms with E-state index in [1.165, 1.54) is 56.1 Å². The number of rotatable bonds is 9. The Balaban J connectivity index is 1.24. The monoisotopic (exact) mass is 574 g/mol. The summed E-state index contributed by atoms with van der Waals surface area (Å²) in [6.07, 6.45) is 9.51. The number of hydrogen-bond acceptors (Lipinski definition) is 6. The molecule has 4 fully saturated rings. The minimum atomic E-state index is -1.40. The van der Waals surface area contributed by atoms with Gasteiger partial charge in [-0.05, 0) is 124 Å². The minimum absolute atomic E-state index is 0.107. The molecule has 234 valence electrons. The van der Waals surface area contributed by atoms with E-state index in [-0.39, 0.29) is 11.5 Å². The van der Waals surface area contributed by atoms with Crippen LogP contribution in [0, 0.1) is 46.3 Å². The molecule has 5 rings (SSSR count). The van der Waals surface area contributed by atoms with Gasteiger partial charge in [-0.1, -0.05) is 51.5 Å². The van der Waals surface area contributed by atoms with E-state index in [1.54, 1.807) is 0 Å². The summed E-state index contributed by atoms with van der Waals surface area (Å²) in [5, 5.41) is 40.4. The van der Waals surface area contributed by atoms with Gasteiger partial charge in [-0.25, -0.2) is 0 Å². The summed E-state index contributed by atoms with van der Waals surface area (Å²) >= 11 is 0. The summed E-state index contributed by atoms with van der Waals surface area (Å²) in [7, 11) is 0. The van der Waals surface area contributed by atoms with Crippen molar-refractivity contribution in [2.45, 2.75) is 142 Å². The maximum absolute atomic E-state index is 10.5. The Bertz CT molecular complexity index is 962. The zero-order valence-corrected chi connectivity index (χ0v) is 26.3. The van der Waals surface area contributed by atoms with Gasteiger partial charge in [-0.2, -0.15) is 0 Å². The fraction of sp³-hybridized carbons (Fsp3) is 0.886. The molecule has 1 aliphatic heterocycles. The molecule has 6 heteroatoms. The van der Waals surface area contributed by atoms with Crippen LogP contribution in [0.4, 0.5) is 0 Å². The topological polar surface area (TPSA) is 99.4 Å². The molecule has 0 radical (unpaired) electrons. The zero-order chi connectivity index (χ0) is 29.7. The summed E-state index contributed by atoms with van der Waals surface area (Å²) < 4.78 is 11.9. The molecule has 4 aliphatic carbocycles. The minimum Gasteiger partial charge on any atom is -0.394 e. The van der Waals surface area contributed by atoms with E-state index in [1.807, 2.05) is 0 Å². The van der Waals surface area contributed by atoms with Crippen molar-refractivity contribution in [3.63, 3.8) is 0 Å². The summed E-state index contributed by atoms with van der Waals surface area (Å²) in [4.78, 5) is 0. The van der Waals surface area contributed by atoms with Gasteiger partial charge in [0.1, 0.15) is 24.4 Å². The third-order valence-corrected chi connectivity index (χ3v) is 13.2. The van der Waals surface area contributed by atoms with Crippen LogP contribution in [-0.4, -0.2) is 63.8 Å². The summed E-state index contributed by atoms with van der Waals surface area (Å²) in [5.41, 5.74) is 3.49. The van der Waals surface area contributed by atoms with Gasteiger partial charge in [0, 0.05) is 0 Å². The first-order valence-corrected chi connectivity index (χ1v) is 16.7. The van der Waals surface area contributed by atoms with Gasteiger partial charge in [0.15, 0.2) is 6.29 Å². The van der Waals surface area contributed by atoms with Crippen LogP contribution in [0.2, 0.25) is 0 Å². The van der Waals surface area contributed by atoms with Crippen molar-refractivity contribution in [2.24, 2.45) is 46.3 Å². The van der Waals surface area contributed by atoms with Crippen LogP contribution < -0.4 is 0 Å². The van der Waals surface area contributed by atoms with E-state index in [9.17, 15) is 20.4 Å². The Morgan fingerprint density at radius 1 is 1.05 bits per heavy atom. The summed E-state index contributed by atoms with van der Waals surface area (Å²) in [5.74, 6) is 4.57. The predicted molar refractivity (Wildman–Crippen MR) is 161 cm³/mol. The second-order valence-electron chi connectivity index (χ2n) is 15.2. The standard InChI is InChI=1S/C35H58O6/c1-7-22(20(2)3)9-8-21(4)26-12-13-27-25-11-10-23-18-24(14-16-34(23,5)28(25)15-17-35(26,27)6)40-33-32(39)31(38)30(37)29(19-36)41-33/h10,21-22,24-33,36-39H,2,7-9,11-19H2,1,3-6H3/t21-,22-,24-,25-,26+,27+,28-,29+,30+,31-,32+,33+,34-,35+/m0/s1. The van der Waals surface area contributed by atoms with Crippen molar-refractivity contribution in [3.05, 3.63) is 23.8 Å². The molecule has 5 aliphatic rings. The molecule has 14 atom stereocenters. The largest absolute Gasteiger partial charge is 0.394 e. The number of fused-ring (bicyclic) bond motifs is 5. The van der Waals surface area contributed by atoms with Gasteiger partial charge >= 0.3 is 0 Å². The lowest BCUT2D eigenvalue weighted by atomic mass is 9.47. The molecular weight excluding hydrogens is 516 g/mol. The molecule has 6 nitrogen and oxygen atoms in total. The molecule has 0 spiro atoms. The summed E-state index contributed by atoms with van der Waals surface area (Å²) in [6, 6.07) is 0. The van der Waals surface area contributed by atoms with Crippen molar-refractivity contribution in [3.8, 4) is 0 Å². The molecule has 1 saturated heterocycles. The Morgan fingerprint density at radius 2 is 1.80 bits per heavy atom. The van der Waals surface area contributed by atoms with Crippen LogP contribution in [-0.2, 0) is 9.47 Å². The SMILES string of the molecule is C=C(C)[C@@H](CC)CC[C@H](C)[C@H]1CC[C@@H]2[C@@H]3CC=C4C[C@@H](O[C@@H]5O[C@H](CO)[C@@H](O)[C@H](O)[C@H]5O)CC[C@]4(C)[C@H]3CC[C@@]21C. The summed E-state index contributed by atoms with van der Waals surface area (Å²) in [6.45, 7) is 16.0. The third kappa shape index (κ3) is 5.64. The average molecular weight is 575 g/mol. The highest BCUT2D eigenvalue weighted by Crippen LogP contribution is 2.67. The lowest BCUT2D eigenvalue weighted by molar-refractivity contribution is -0.313. The van der Waals surface area contributed by atoms with E-state index in [2.05, 4.69) is 47.3 Å². The lowest BCUT2D eigenvalue weighted by Gasteiger charge is -2.58. The van der Waals surface area contributed by atoms with E-state index in [4.69, 9.17) is 9.47 Å². The molecule has 0 aromatic rings. The lowest BCUT2D eigenvalue weighted by Crippen LogP contribution is -2.60. The maximum atomic E-state index is 10.5. The van der Waals surface area contributed by atoms with E-state index in [0.717, 1.165) is 55.3 Å². The first-order chi connectivity index (χ1) is 19.4. The Hall–Kier alpha value is -0.760. The number of hydrogen-bond donors (Lipinski definition) is 4. The fourth-order valence-corrected chi connectivity index (χ4v) is 10.6. The molecule has 4 N–H and O–H groups in total. The van der Waals surface area contributed by atoms with Crippen molar-refractivity contribution >= 4 is 0 Å². The van der Waals surface area contributed by atoms with Crippen molar-refractivity contribution in [1.82, 2.24) is 0 Å². The van der Waals surface area contributed by atoms with Gasteiger partial charge in [0.2, 0.25) is 0 Å². The average Bonchev–Trinajstić information content (AvgIpc) is 3.30. The normalized spacial score (nSPS) is 47.5. The van der Waals surface area contributed by atoms with E-state index in [0.29, 0.717) is 11.3 Å². The molecule has 0 aromatic carbocycles.